The molecule has 0 atom stereocenters. The Kier molecular flexibility index (Phi) is 5.90. The number of alkyl halides is 3. The molecule has 0 aliphatic rings. The Bertz CT molecular complexity index is 1140. The minimum Gasteiger partial charge on any atom is -0.273 e. The SMILES string of the molecule is CCCCCCc1ccc(-c2cccc3c(-c4cc(C(F)(F)F)[nH]n4)nccc23)s1. The predicted molar refractivity (Wildman–Crippen MR) is 115 cm³/mol. The maximum Gasteiger partial charge on any atom is 0.432 e. The molecule has 0 saturated heterocycles. The fourth-order valence-electron chi connectivity index (χ4n) is 3.60. The number of hydrogen-bond acceptors (Lipinski definition) is 3. The Hall–Kier alpha value is -2.67. The lowest BCUT2D eigenvalue weighted by Gasteiger charge is -2.07. The molecule has 4 rings (SSSR count). The highest BCUT2D eigenvalue weighted by Crippen LogP contribution is 2.37. The van der Waals surface area contributed by atoms with Crippen molar-refractivity contribution < 1.29 is 13.2 Å². The number of nitrogens with zero attached hydrogens (tertiary/aromatic N) is 2. The van der Waals surface area contributed by atoms with E-state index in [2.05, 4.69) is 34.2 Å². The highest BCUT2D eigenvalue weighted by Gasteiger charge is 2.33. The molecule has 0 radical (unpaired) electrons. The van der Waals surface area contributed by atoms with Gasteiger partial charge < -0.3 is 0 Å². The van der Waals surface area contributed by atoms with Gasteiger partial charge in [-0.15, -0.1) is 11.3 Å². The van der Waals surface area contributed by atoms with Gasteiger partial charge in [-0.3, -0.25) is 10.1 Å². The van der Waals surface area contributed by atoms with Crippen LogP contribution in [0.4, 0.5) is 13.2 Å². The van der Waals surface area contributed by atoms with Gasteiger partial charge in [-0.2, -0.15) is 18.3 Å². The van der Waals surface area contributed by atoms with E-state index in [9.17, 15) is 13.2 Å². The molecule has 3 heterocycles. The van der Waals surface area contributed by atoms with Crippen LogP contribution >= 0.6 is 11.3 Å². The summed E-state index contributed by atoms with van der Waals surface area (Å²) in [5.41, 5.74) is 0.816. The van der Waals surface area contributed by atoms with Crippen LogP contribution in [0.1, 0.15) is 43.2 Å². The Morgan fingerprint density at radius 1 is 1.00 bits per heavy atom. The Labute approximate surface area is 177 Å². The van der Waals surface area contributed by atoms with Crippen molar-refractivity contribution in [3.05, 3.63) is 59.2 Å². The van der Waals surface area contributed by atoms with Crippen molar-refractivity contribution in [1.82, 2.24) is 15.2 Å². The summed E-state index contributed by atoms with van der Waals surface area (Å²) >= 11 is 1.78. The predicted octanol–water partition coefficient (Wildman–Crippen LogP) is 7.50. The van der Waals surface area contributed by atoms with Crippen molar-refractivity contribution in [3.63, 3.8) is 0 Å². The minimum atomic E-state index is -4.47. The molecule has 0 spiro atoms. The zero-order chi connectivity index (χ0) is 21.1. The molecular formula is C23H22F3N3S. The fraction of sp³-hybridized carbons (Fsp3) is 0.304. The van der Waals surface area contributed by atoms with E-state index in [-0.39, 0.29) is 5.69 Å². The summed E-state index contributed by atoms with van der Waals surface area (Å²) in [6.07, 6.45) is 3.17. The molecule has 30 heavy (non-hydrogen) atoms. The van der Waals surface area contributed by atoms with Gasteiger partial charge in [0.15, 0.2) is 0 Å². The number of halogens is 3. The number of hydrogen-bond donors (Lipinski definition) is 1. The van der Waals surface area contributed by atoms with Crippen LogP contribution < -0.4 is 0 Å². The van der Waals surface area contributed by atoms with Gasteiger partial charge in [-0.1, -0.05) is 44.4 Å². The normalized spacial score (nSPS) is 12.0. The van der Waals surface area contributed by atoms with Crippen LogP contribution in [0.2, 0.25) is 0 Å². The molecule has 1 N–H and O–H groups in total. The van der Waals surface area contributed by atoms with Crippen LogP contribution in [0.15, 0.2) is 48.7 Å². The van der Waals surface area contributed by atoms with Crippen molar-refractivity contribution in [1.29, 1.82) is 0 Å². The Morgan fingerprint density at radius 3 is 2.63 bits per heavy atom. The molecule has 0 amide bonds. The molecule has 0 aliphatic carbocycles. The number of unbranched alkanes of at least 4 members (excludes halogenated alkanes) is 3. The van der Waals surface area contributed by atoms with E-state index in [1.54, 1.807) is 17.5 Å². The zero-order valence-corrected chi connectivity index (χ0v) is 17.4. The van der Waals surface area contributed by atoms with Crippen molar-refractivity contribution >= 4 is 22.1 Å². The first-order valence-electron chi connectivity index (χ1n) is 10.1. The van der Waals surface area contributed by atoms with Crippen LogP contribution in [0.25, 0.3) is 32.6 Å². The summed E-state index contributed by atoms with van der Waals surface area (Å²) < 4.78 is 38.9. The second-order valence-electron chi connectivity index (χ2n) is 7.30. The fourth-order valence-corrected chi connectivity index (χ4v) is 4.69. The number of nitrogens with one attached hydrogen (secondary N) is 1. The summed E-state index contributed by atoms with van der Waals surface area (Å²) in [4.78, 5) is 6.83. The van der Waals surface area contributed by atoms with E-state index in [1.165, 1.54) is 30.6 Å². The van der Waals surface area contributed by atoms with E-state index < -0.39 is 11.9 Å². The van der Waals surface area contributed by atoms with E-state index in [0.29, 0.717) is 5.69 Å². The van der Waals surface area contributed by atoms with Gasteiger partial charge in [0.25, 0.3) is 0 Å². The molecule has 0 unspecified atom stereocenters. The van der Waals surface area contributed by atoms with Gasteiger partial charge in [-0.25, -0.2) is 0 Å². The van der Waals surface area contributed by atoms with Crippen LogP contribution in [-0.4, -0.2) is 15.2 Å². The first-order valence-corrected chi connectivity index (χ1v) is 10.9. The number of aryl methyl sites for hydroxylation is 1. The molecule has 0 saturated carbocycles. The molecule has 0 fully saturated rings. The van der Waals surface area contributed by atoms with Crippen molar-refractivity contribution in [2.24, 2.45) is 0 Å². The topological polar surface area (TPSA) is 41.6 Å². The molecule has 3 nitrogen and oxygen atoms in total. The monoisotopic (exact) mass is 429 g/mol. The molecule has 0 bridgehead atoms. The number of aromatic amines is 1. The third-order valence-corrected chi connectivity index (χ3v) is 6.31. The average Bonchev–Trinajstić information content (AvgIpc) is 3.40. The summed E-state index contributed by atoms with van der Waals surface area (Å²) in [5, 5.41) is 7.67. The van der Waals surface area contributed by atoms with Crippen LogP contribution in [0.5, 0.6) is 0 Å². The first-order chi connectivity index (χ1) is 14.5. The average molecular weight is 430 g/mol. The molecular weight excluding hydrogens is 407 g/mol. The number of fused-ring (bicyclic) bond motifs is 1. The number of aromatic nitrogens is 3. The van der Waals surface area contributed by atoms with Gasteiger partial charge in [0.1, 0.15) is 11.4 Å². The lowest BCUT2D eigenvalue weighted by Crippen LogP contribution is -2.04. The van der Waals surface area contributed by atoms with E-state index in [1.807, 2.05) is 24.3 Å². The molecule has 156 valence electrons. The number of benzene rings is 1. The van der Waals surface area contributed by atoms with Gasteiger partial charge in [0, 0.05) is 21.3 Å². The van der Waals surface area contributed by atoms with Crippen molar-refractivity contribution in [2.45, 2.75) is 45.2 Å². The maximum absolute atomic E-state index is 13.0. The first kappa shape index (κ1) is 20.6. The second-order valence-corrected chi connectivity index (χ2v) is 8.47. The number of thiophene rings is 1. The third-order valence-electron chi connectivity index (χ3n) is 5.14. The molecule has 1 aromatic carbocycles. The highest BCUT2D eigenvalue weighted by atomic mass is 32.1. The maximum atomic E-state index is 13.0. The summed E-state index contributed by atoms with van der Waals surface area (Å²) in [6.45, 7) is 2.21. The molecule has 3 aromatic heterocycles. The second kappa shape index (κ2) is 8.60. The van der Waals surface area contributed by atoms with Crippen LogP contribution in [0.3, 0.4) is 0 Å². The van der Waals surface area contributed by atoms with Crippen LogP contribution in [0, 0.1) is 0 Å². The van der Waals surface area contributed by atoms with Gasteiger partial charge >= 0.3 is 6.18 Å². The summed E-state index contributed by atoms with van der Waals surface area (Å²) in [5.74, 6) is 0. The van der Waals surface area contributed by atoms with Crippen LogP contribution in [-0.2, 0) is 12.6 Å². The van der Waals surface area contributed by atoms with E-state index >= 15 is 0 Å². The zero-order valence-electron chi connectivity index (χ0n) is 16.6. The van der Waals surface area contributed by atoms with E-state index in [4.69, 9.17) is 0 Å². The van der Waals surface area contributed by atoms with Crippen molar-refractivity contribution in [3.8, 4) is 21.8 Å². The standard InChI is InChI=1S/C23H22F3N3S/c1-2-3-4-5-7-15-10-11-20(30-15)17-8-6-9-18-16(17)12-13-27-22(18)19-14-21(29-28-19)23(24,25)26/h6,8-14H,2-5,7H2,1H3,(H,28,29). The van der Waals surface area contributed by atoms with E-state index in [0.717, 1.165) is 33.7 Å². The third kappa shape index (κ3) is 4.26. The number of H-pyrrole nitrogens is 1. The smallest absolute Gasteiger partial charge is 0.273 e. The summed E-state index contributed by atoms with van der Waals surface area (Å²) in [6, 6.07) is 13.1. The quantitative estimate of drug-likeness (QED) is 0.309. The number of pyridine rings is 1. The lowest BCUT2D eigenvalue weighted by atomic mass is 10.0. The lowest BCUT2D eigenvalue weighted by molar-refractivity contribution is -0.141. The van der Waals surface area contributed by atoms with Gasteiger partial charge in [0.2, 0.25) is 0 Å². The highest BCUT2D eigenvalue weighted by molar-refractivity contribution is 7.15. The largest absolute Gasteiger partial charge is 0.432 e. The minimum absolute atomic E-state index is 0.188. The molecule has 4 aromatic rings. The molecule has 7 heteroatoms. The molecule has 0 aliphatic heterocycles. The Balaban J connectivity index is 1.68. The van der Waals surface area contributed by atoms with Gasteiger partial charge in [0.05, 0.1) is 5.69 Å². The van der Waals surface area contributed by atoms with Gasteiger partial charge in [-0.05, 0) is 48.1 Å². The number of rotatable bonds is 7. The van der Waals surface area contributed by atoms with Crippen molar-refractivity contribution in [2.75, 3.05) is 0 Å². The summed E-state index contributed by atoms with van der Waals surface area (Å²) in [7, 11) is 0. The Morgan fingerprint density at radius 2 is 1.87 bits per heavy atom.